The lowest BCUT2D eigenvalue weighted by Gasteiger charge is -2.36. The highest BCUT2D eigenvalue weighted by Gasteiger charge is 2.34. The zero-order chi connectivity index (χ0) is 21.8. The van der Waals surface area contributed by atoms with Gasteiger partial charge < -0.3 is 24.8 Å². The summed E-state index contributed by atoms with van der Waals surface area (Å²) in [5.41, 5.74) is -1.10. The second-order valence-corrected chi connectivity index (χ2v) is 7.26. The van der Waals surface area contributed by atoms with Crippen LogP contribution in [0.15, 0.2) is 36.5 Å². The molecule has 166 valence electrons. The molecule has 0 atom stereocenters. The molecule has 2 aliphatic rings. The lowest BCUT2D eigenvalue weighted by Crippen LogP contribution is -2.50. The predicted octanol–water partition coefficient (Wildman–Crippen LogP) is 2.69. The van der Waals surface area contributed by atoms with Crippen molar-refractivity contribution in [1.29, 1.82) is 0 Å². The summed E-state index contributed by atoms with van der Waals surface area (Å²) in [7, 11) is 0. The van der Waals surface area contributed by atoms with E-state index in [9.17, 15) is 18.0 Å². The first-order chi connectivity index (χ1) is 14.9. The van der Waals surface area contributed by atoms with Gasteiger partial charge in [-0.1, -0.05) is 12.1 Å². The Kier molecular flexibility index (Phi) is 6.12. The van der Waals surface area contributed by atoms with Crippen LogP contribution in [0.3, 0.4) is 0 Å². The first kappa shape index (κ1) is 21.2. The maximum atomic E-state index is 13.2. The number of benzene rings is 1. The second kappa shape index (κ2) is 8.96. The molecule has 1 aromatic carbocycles. The molecule has 2 fully saturated rings. The van der Waals surface area contributed by atoms with Crippen LogP contribution in [0.25, 0.3) is 0 Å². The van der Waals surface area contributed by atoms with Gasteiger partial charge in [0.15, 0.2) is 0 Å². The Labute approximate surface area is 177 Å². The van der Waals surface area contributed by atoms with Crippen LogP contribution in [0.4, 0.5) is 35.4 Å². The minimum Gasteiger partial charge on any atom is -0.378 e. The number of morpholine rings is 1. The predicted molar refractivity (Wildman–Crippen MR) is 109 cm³/mol. The summed E-state index contributed by atoms with van der Waals surface area (Å²) in [6.45, 7) is 4.53. The average molecular weight is 436 g/mol. The van der Waals surface area contributed by atoms with Crippen molar-refractivity contribution in [3.05, 3.63) is 42.1 Å². The molecule has 0 aliphatic carbocycles. The third-order valence-electron chi connectivity index (χ3n) is 5.29. The maximum Gasteiger partial charge on any atom is 0.418 e. The molecule has 0 saturated carbocycles. The van der Waals surface area contributed by atoms with Gasteiger partial charge in [-0.05, 0) is 18.2 Å². The van der Waals surface area contributed by atoms with Crippen molar-refractivity contribution in [1.82, 2.24) is 14.9 Å². The van der Waals surface area contributed by atoms with E-state index in [4.69, 9.17) is 4.74 Å². The number of hydrogen-bond donors (Lipinski definition) is 1. The molecule has 2 saturated heterocycles. The number of nitrogens with zero attached hydrogens (tertiary/aromatic N) is 5. The summed E-state index contributed by atoms with van der Waals surface area (Å²) >= 11 is 0. The van der Waals surface area contributed by atoms with Crippen LogP contribution in [0.2, 0.25) is 0 Å². The molecule has 0 spiro atoms. The van der Waals surface area contributed by atoms with E-state index in [0.29, 0.717) is 45.3 Å². The van der Waals surface area contributed by atoms with Crippen LogP contribution >= 0.6 is 0 Å². The molecular formula is C20H23F3N6O2. The first-order valence-corrected chi connectivity index (χ1v) is 10.0. The van der Waals surface area contributed by atoms with E-state index in [1.54, 1.807) is 6.20 Å². The van der Waals surface area contributed by atoms with Crippen molar-refractivity contribution >= 4 is 23.5 Å². The summed E-state index contributed by atoms with van der Waals surface area (Å²) < 4.78 is 44.8. The normalized spacial score (nSPS) is 17.6. The number of nitrogens with one attached hydrogen (secondary N) is 1. The van der Waals surface area contributed by atoms with Crippen molar-refractivity contribution in [3.63, 3.8) is 0 Å². The number of carbonyl (C=O) groups excluding carboxylic acids is 1. The number of anilines is 3. The van der Waals surface area contributed by atoms with Crippen LogP contribution in [0, 0.1) is 0 Å². The SMILES string of the molecule is O=C(Nc1ccccc1C(F)(F)F)N1CCN(c2ccnc(N3CCOCC3)n2)CC1. The third-order valence-corrected chi connectivity index (χ3v) is 5.29. The molecule has 2 aromatic rings. The molecule has 0 bridgehead atoms. The van der Waals surface area contributed by atoms with Gasteiger partial charge in [0.25, 0.3) is 0 Å². The number of urea groups is 1. The van der Waals surface area contributed by atoms with E-state index in [0.717, 1.165) is 25.0 Å². The fraction of sp³-hybridized carbons (Fsp3) is 0.450. The Morgan fingerprint density at radius 2 is 1.68 bits per heavy atom. The topological polar surface area (TPSA) is 73.8 Å². The van der Waals surface area contributed by atoms with Gasteiger partial charge in [0.1, 0.15) is 5.82 Å². The number of halogens is 3. The first-order valence-electron chi connectivity index (χ1n) is 10.0. The second-order valence-electron chi connectivity index (χ2n) is 7.26. The van der Waals surface area contributed by atoms with Gasteiger partial charge in [0.05, 0.1) is 24.5 Å². The highest BCUT2D eigenvalue weighted by atomic mass is 19.4. The number of ether oxygens (including phenoxy) is 1. The molecule has 0 radical (unpaired) electrons. The van der Waals surface area contributed by atoms with Crippen LogP contribution < -0.4 is 15.1 Å². The summed E-state index contributed by atoms with van der Waals surface area (Å²) in [5.74, 6) is 1.41. The number of alkyl halides is 3. The lowest BCUT2D eigenvalue weighted by molar-refractivity contribution is -0.136. The van der Waals surface area contributed by atoms with E-state index >= 15 is 0 Å². The minimum atomic E-state index is -4.53. The van der Waals surface area contributed by atoms with Crippen molar-refractivity contribution in [2.45, 2.75) is 6.18 Å². The van der Waals surface area contributed by atoms with Gasteiger partial charge >= 0.3 is 12.2 Å². The molecule has 31 heavy (non-hydrogen) atoms. The Morgan fingerprint density at radius 3 is 2.39 bits per heavy atom. The van der Waals surface area contributed by atoms with E-state index in [1.807, 2.05) is 11.0 Å². The highest BCUT2D eigenvalue weighted by Crippen LogP contribution is 2.34. The Morgan fingerprint density at radius 1 is 0.968 bits per heavy atom. The monoisotopic (exact) mass is 436 g/mol. The van der Waals surface area contributed by atoms with E-state index < -0.39 is 17.8 Å². The standard InChI is InChI=1S/C20H23F3N6O2/c21-20(22,23)15-3-1-2-4-16(15)25-19(30)29-9-7-27(8-10-29)17-5-6-24-18(26-17)28-11-13-31-14-12-28/h1-6H,7-14H2,(H,25,30). The Bertz CT molecular complexity index is 912. The fourth-order valence-electron chi connectivity index (χ4n) is 3.60. The largest absolute Gasteiger partial charge is 0.418 e. The maximum absolute atomic E-state index is 13.2. The zero-order valence-electron chi connectivity index (χ0n) is 16.8. The molecule has 2 aliphatic heterocycles. The number of piperazine rings is 1. The van der Waals surface area contributed by atoms with Crippen molar-refractivity contribution in [2.24, 2.45) is 0 Å². The van der Waals surface area contributed by atoms with Gasteiger partial charge in [0, 0.05) is 45.5 Å². The lowest BCUT2D eigenvalue weighted by atomic mass is 10.1. The van der Waals surface area contributed by atoms with Crippen LogP contribution in [0.1, 0.15) is 5.56 Å². The molecule has 0 unspecified atom stereocenters. The Hall–Kier alpha value is -3.08. The van der Waals surface area contributed by atoms with E-state index in [1.165, 1.54) is 23.1 Å². The molecular weight excluding hydrogens is 413 g/mol. The number of carbonyl (C=O) groups is 1. The van der Waals surface area contributed by atoms with Crippen LogP contribution in [-0.2, 0) is 10.9 Å². The van der Waals surface area contributed by atoms with Crippen LogP contribution in [-0.4, -0.2) is 73.4 Å². The third kappa shape index (κ3) is 4.98. The van der Waals surface area contributed by atoms with Gasteiger partial charge in [-0.15, -0.1) is 0 Å². The van der Waals surface area contributed by atoms with E-state index in [2.05, 4.69) is 20.2 Å². The smallest absolute Gasteiger partial charge is 0.378 e. The molecule has 8 nitrogen and oxygen atoms in total. The molecule has 1 aromatic heterocycles. The van der Waals surface area contributed by atoms with E-state index in [-0.39, 0.29) is 5.69 Å². The Balaban J connectivity index is 1.37. The zero-order valence-corrected chi connectivity index (χ0v) is 16.8. The summed E-state index contributed by atoms with van der Waals surface area (Å²) in [6, 6.07) is 6.24. The van der Waals surface area contributed by atoms with Gasteiger partial charge in [-0.25, -0.2) is 9.78 Å². The quantitative estimate of drug-likeness (QED) is 0.798. The molecule has 2 amide bonds. The van der Waals surface area contributed by atoms with Crippen molar-refractivity contribution in [2.75, 3.05) is 67.6 Å². The average Bonchev–Trinajstić information content (AvgIpc) is 2.79. The molecule has 4 rings (SSSR count). The summed E-state index contributed by atoms with van der Waals surface area (Å²) in [4.78, 5) is 27.1. The molecule has 11 heteroatoms. The van der Waals surface area contributed by atoms with Gasteiger partial charge in [-0.3, -0.25) is 0 Å². The van der Waals surface area contributed by atoms with Crippen molar-refractivity contribution in [3.8, 4) is 0 Å². The molecule has 1 N–H and O–H groups in total. The summed E-state index contributed by atoms with van der Waals surface area (Å²) in [5, 5.41) is 2.40. The minimum absolute atomic E-state index is 0.242. The highest BCUT2D eigenvalue weighted by molar-refractivity contribution is 5.90. The van der Waals surface area contributed by atoms with Crippen molar-refractivity contribution < 1.29 is 22.7 Å². The number of hydrogen-bond acceptors (Lipinski definition) is 6. The van der Waals surface area contributed by atoms with Gasteiger partial charge in [-0.2, -0.15) is 18.2 Å². The molecule has 3 heterocycles. The number of amides is 2. The fourth-order valence-corrected chi connectivity index (χ4v) is 3.60. The summed E-state index contributed by atoms with van der Waals surface area (Å²) in [6.07, 6.45) is -2.83. The van der Waals surface area contributed by atoms with Gasteiger partial charge in [0.2, 0.25) is 5.95 Å². The number of para-hydroxylation sites is 1. The van der Waals surface area contributed by atoms with Crippen LogP contribution in [0.5, 0.6) is 0 Å². The number of rotatable bonds is 3. The number of aromatic nitrogens is 2.